The van der Waals surface area contributed by atoms with Crippen molar-refractivity contribution >= 4 is 10.9 Å². The van der Waals surface area contributed by atoms with Crippen molar-refractivity contribution in [2.45, 2.75) is 38.6 Å². The molecular formula is C25H30N2O2. The number of nitrogens with zero attached hydrogens (tertiary/aromatic N) is 1. The Morgan fingerprint density at radius 3 is 2.69 bits per heavy atom. The van der Waals surface area contributed by atoms with E-state index in [4.69, 9.17) is 0 Å². The minimum atomic E-state index is -0.0375. The van der Waals surface area contributed by atoms with E-state index in [1.54, 1.807) is 6.07 Å². The molecule has 4 nitrogen and oxygen atoms in total. The highest BCUT2D eigenvalue weighted by molar-refractivity contribution is 5.78. The molecule has 0 amide bonds. The lowest BCUT2D eigenvalue weighted by Crippen LogP contribution is -2.45. The average Bonchev–Trinajstić information content (AvgIpc) is 2.75. The van der Waals surface area contributed by atoms with Crippen LogP contribution in [-0.4, -0.2) is 34.7 Å². The molecule has 4 heteroatoms. The number of aliphatic hydroxyl groups is 1. The van der Waals surface area contributed by atoms with Crippen LogP contribution in [-0.2, 0) is 13.0 Å². The topological polar surface area (TPSA) is 56.3 Å². The van der Waals surface area contributed by atoms with Crippen LogP contribution >= 0.6 is 0 Å². The molecule has 0 aliphatic carbocycles. The second-order valence-electron chi connectivity index (χ2n) is 8.52. The molecule has 1 aliphatic heterocycles. The van der Waals surface area contributed by atoms with Crippen LogP contribution in [0, 0.1) is 5.41 Å². The minimum Gasteiger partial charge on any atom is -0.396 e. The minimum absolute atomic E-state index is 0.0375. The third kappa shape index (κ3) is 4.77. The highest BCUT2D eigenvalue weighted by Crippen LogP contribution is 2.35. The van der Waals surface area contributed by atoms with Gasteiger partial charge in [0.1, 0.15) is 0 Å². The van der Waals surface area contributed by atoms with Gasteiger partial charge in [-0.3, -0.25) is 9.69 Å². The van der Waals surface area contributed by atoms with Crippen molar-refractivity contribution in [3.63, 3.8) is 0 Å². The molecule has 152 valence electrons. The predicted octanol–water partition coefficient (Wildman–Crippen LogP) is 4.13. The quantitative estimate of drug-likeness (QED) is 0.638. The lowest BCUT2D eigenvalue weighted by atomic mass is 9.76. The number of fused-ring (bicyclic) bond motifs is 1. The molecule has 1 aliphatic rings. The summed E-state index contributed by atoms with van der Waals surface area (Å²) >= 11 is 0. The molecule has 0 saturated carbocycles. The summed E-state index contributed by atoms with van der Waals surface area (Å²) in [5.41, 5.74) is 3.24. The van der Waals surface area contributed by atoms with E-state index in [0.29, 0.717) is 0 Å². The maximum atomic E-state index is 12.4. The van der Waals surface area contributed by atoms with Crippen LogP contribution in [0.5, 0.6) is 0 Å². The first-order valence-corrected chi connectivity index (χ1v) is 10.7. The molecule has 3 aromatic rings. The van der Waals surface area contributed by atoms with Crippen molar-refractivity contribution in [2.24, 2.45) is 5.41 Å². The molecule has 0 bridgehead atoms. The van der Waals surface area contributed by atoms with Crippen molar-refractivity contribution in [2.75, 3.05) is 19.7 Å². The van der Waals surface area contributed by atoms with Gasteiger partial charge in [0.25, 0.3) is 0 Å². The van der Waals surface area contributed by atoms with E-state index < -0.39 is 0 Å². The summed E-state index contributed by atoms with van der Waals surface area (Å²) in [6, 6.07) is 20.0. The zero-order valence-corrected chi connectivity index (χ0v) is 16.9. The summed E-state index contributed by atoms with van der Waals surface area (Å²) < 4.78 is 0. The third-order valence-corrected chi connectivity index (χ3v) is 6.28. The Balaban J connectivity index is 1.42. The number of hydrogen-bond donors (Lipinski definition) is 2. The Labute approximate surface area is 172 Å². The van der Waals surface area contributed by atoms with Crippen LogP contribution < -0.4 is 5.43 Å². The predicted molar refractivity (Wildman–Crippen MR) is 118 cm³/mol. The zero-order valence-electron chi connectivity index (χ0n) is 16.9. The van der Waals surface area contributed by atoms with Gasteiger partial charge in [0, 0.05) is 47.8 Å². The van der Waals surface area contributed by atoms with Gasteiger partial charge in [0.15, 0.2) is 5.43 Å². The molecule has 1 unspecified atom stereocenters. The largest absolute Gasteiger partial charge is 0.396 e. The van der Waals surface area contributed by atoms with Gasteiger partial charge in [-0.2, -0.15) is 0 Å². The number of nitrogens with one attached hydrogen (secondary N) is 1. The lowest BCUT2D eigenvalue weighted by molar-refractivity contribution is 0.0203. The van der Waals surface area contributed by atoms with Gasteiger partial charge in [-0.1, -0.05) is 42.5 Å². The van der Waals surface area contributed by atoms with Gasteiger partial charge < -0.3 is 10.1 Å². The summed E-state index contributed by atoms with van der Waals surface area (Å²) in [6.45, 7) is 2.84. The van der Waals surface area contributed by atoms with E-state index in [-0.39, 0.29) is 17.5 Å². The Hall–Kier alpha value is -2.43. The first kappa shape index (κ1) is 19.9. The Morgan fingerprint density at radius 2 is 1.86 bits per heavy atom. The molecule has 1 atom stereocenters. The molecule has 29 heavy (non-hydrogen) atoms. The molecule has 2 N–H and O–H groups in total. The van der Waals surface area contributed by atoms with E-state index in [1.807, 2.05) is 24.3 Å². The molecule has 0 radical (unpaired) electrons. The molecule has 1 aromatic heterocycles. The van der Waals surface area contributed by atoms with Crippen LogP contribution in [0.4, 0.5) is 0 Å². The van der Waals surface area contributed by atoms with Crippen LogP contribution in [0.3, 0.4) is 0 Å². The molecule has 4 rings (SSSR count). The van der Waals surface area contributed by atoms with E-state index in [1.165, 1.54) is 5.56 Å². The summed E-state index contributed by atoms with van der Waals surface area (Å²) in [5.74, 6) is 0. The van der Waals surface area contributed by atoms with Crippen molar-refractivity contribution in [1.29, 1.82) is 0 Å². The smallest absolute Gasteiger partial charge is 0.189 e. The summed E-state index contributed by atoms with van der Waals surface area (Å²) in [7, 11) is 0. The highest BCUT2D eigenvalue weighted by Gasteiger charge is 2.34. The van der Waals surface area contributed by atoms with Crippen LogP contribution in [0.25, 0.3) is 10.9 Å². The number of H-pyrrole nitrogens is 1. The maximum Gasteiger partial charge on any atom is 0.189 e. The number of aliphatic hydroxyl groups excluding tert-OH is 1. The second-order valence-corrected chi connectivity index (χ2v) is 8.52. The van der Waals surface area contributed by atoms with Crippen LogP contribution in [0.2, 0.25) is 0 Å². The SMILES string of the molecule is O=c1cc(CN2CCCC(CO)(CCCc3ccccc3)C2)[nH]c2ccccc12. The van der Waals surface area contributed by atoms with E-state index in [0.717, 1.165) is 68.3 Å². The Morgan fingerprint density at radius 1 is 1.07 bits per heavy atom. The van der Waals surface area contributed by atoms with Crippen molar-refractivity contribution in [3.05, 3.63) is 82.1 Å². The van der Waals surface area contributed by atoms with E-state index >= 15 is 0 Å². The average molecular weight is 391 g/mol. The molecule has 1 saturated heterocycles. The fourth-order valence-corrected chi connectivity index (χ4v) is 4.75. The van der Waals surface area contributed by atoms with Gasteiger partial charge in [0.05, 0.1) is 0 Å². The Bertz CT molecular complexity index is 998. The van der Waals surface area contributed by atoms with Crippen LogP contribution in [0.15, 0.2) is 65.5 Å². The number of para-hydroxylation sites is 1. The summed E-state index contributed by atoms with van der Waals surface area (Å²) in [4.78, 5) is 18.2. The van der Waals surface area contributed by atoms with Crippen LogP contribution in [0.1, 0.15) is 36.9 Å². The fourth-order valence-electron chi connectivity index (χ4n) is 4.75. The first-order valence-electron chi connectivity index (χ1n) is 10.7. The normalized spacial score (nSPS) is 20.2. The molecule has 1 fully saturated rings. The number of piperidine rings is 1. The molecule has 2 heterocycles. The number of pyridine rings is 1. The number of likely N-dealkylation sites (tertiary alicyclic amines) is 1. The van der Waals surface area contributed by atoms with Gasteiger partial charge in [-0.25, -0.2) is 0 Å². The number of aromatic amines is 1. The standard InChI is InChI=1S/C25H30N2O2/c28-19-25(13-6-10-20-8-2-1-3-9-20)14-7-15-27(18-25)17-21-16-24(29)22-11-4-5-12-23(22)26-21/h1-5,8-9,11-12,16,28H,6-7,10,13-15,17-19H2,(H,26,29). The molecular weight excluding hydrogens is 360 g/mol. The number of rotatable bonds is 7. The molecule has 2 aromatic carbocycles. The maximum absolute atomic E-state index is 12.4. The van der Waals surface area contributed by atoms with Gasteiger partial charge in [0.2, 0.25) is 0 Å². The lowest BCUT2D eigenvalue weighted by Gasteiger charge is -2.42. The number of aromatic nitrogens is 1. The van der Waals surface area contributed by atoms with Gasteiger partial charge >= 0.3 is 0 Å². The summed E-state index contributed by atoms with van der Waals surface area (Å²) in [6.07, 6.45) is 5.33. The zero-order chi connectivity index (χ0) is 20.1. The van der Waals surface area contributed by atoms with Crippen molar-refractivity contribution < 1.29 is 5.11 Å². The number of aryl methyl sites for hydroxylation is 1. The van der Waals surface area contributed by atoms with Gasteiger partial charge in [-0.15, -0.1) is 0 Å². The number of hydrogen-bond acceptors (Lipinski definition) is 3. The van der Waals surface area contributed by atoms with E-state index in [9.17, 15) is 9.90 Å². The van der Waals surface area contributed by atoms with Crippen molar-refractivity contribution in [3.8, 4) is 0 Å². The highest BCUT2D eigenvalue weighted by atomic mass is 16.3. The van der Waals surface area contributed by atoms with Gasteiger partial charge in [-0.05, 0) is 56.3 Å². The fraction of sp³-hybridized carbons (Fsp3) is 0.400. The van der Waals surface area contributed by atoms with Crippen molar-refractivity contribution in [1.82, 2.24) is 9.88 Å². The summed E-state index contributed by atoms with van der Waals surface area (Å²) in [5, 5.41) is 11.0. The van der Waals surface area contributed by atoms with E-state index in [2.05, 4.69) is 40.2 Å². The first-order chi connectivity index (χ1) is 14.2. The molecule has 0 spiro atoms. The third-order valence-electron chi connectivity index (χ3n) is 6.28. The number of benzene rings is 2. The second kappa shape index (κ2) is 8.93. The monoisotopic (exact) mass is 390 g/mol. The Kier molecular flexibility index (Phi) is 6.12.